The summed E-state index contributed by atoms with van der Waals surface area (Å²) in [6, 6.07) is 5.02. The molecule has 146 valence electrons. The molecule has 0 aliphatic heterocycles. The van der Waals surface area contributed by atoms with Crippen LogP contribution >= 0.6 is 23.6 Å². The van der Waals surface area contributed by atoms with E-state index in [0.29, 0.717) is 39.3 Å². The third-order valence-electron chi connectivity index (χ3n) is 3.94. The van der Waals surface area contributed by atoms with E-state index in [2.05, 4.69) is 27.1 Å². The maximum atomic E-state index is 12.8. The van der Waals surface area contributed by atoms with E-state index in [4.69, 9.17) is 21.7 Å². The molecule has 0 bridgehead atoms. The van der Waals surface area contributed by atoms with Crippen molar-refractivity contribution >= 4 is 34.6 Å². The largest absolute Gasteiger partial charge is 0.497 e. The quantitative estimate of drug-likeness (QED) is 0.448. The zero-order chi connectivity index (χ0) is 20.3. The topological polar surface area (TPSA) is 94.1 Å². The zero-order valence-corrected chi connectivity index (χ0v) is 17.2. The van der Waals surface area contributed by atoms with E-state index in [0.717, 1.165) is 10.6 Å². The van der Waals surface area contributed by atoms with Crippen molar-refractivity contribution < 1.29 is 14.3 Å². The van der Waals surface area contributed by atoms with Crippen molar-refractivity contribution in [3.63, 3.8) is 0 Å². The Kier molecular flexibility index (Phi) is 5.90. The number of ether oxygens (including phenoxy) is 2. The lowest BCUT2D eigenvalue weighted by Crippen LogP contribution is -2.13. The third kappa shape index (κ3) is 3.82. The van der Waals surface area contributed by atoms with E-state index in [-0.39, 0.29) is 5.91 Å². The van der Waals surface area contributed by atoms with Crippen molar-refractivity contribution in [2.45, 2.75) is 13.5 Å². The van der Waals surface area contributed by atoms with E-state index >= 15 is 0 Å². The van der Waals surface area contributed by atoms with Crippen LogP contribution in [0.4, 0.5) is 5.13 Å². The monoisotopic (exact) mass is 417 g/mol. The predicted molar refractivity (Wildman–Crippen MR) is 111 cm³/mol. The first-order valence-electron chi connectivity index (χ1n) is 8.25. The lowest BCUT2D eigenvalue weighted by Gasteiger charge is -2.09. The highest BCUT2D eigenvalue weighted by molar-refractivity contribution is 7.71. The molecule has 2 heterocycles. The van der Waals surface area contributed by atoms with E-state index in [1.54, 1.807) is 24.3 Å². The minimum atomic E-state index is -0.346. The first-order valence-corrected chi connectivity index (χ1v) is 9.48. The summed E-state index contributed by atoms with van der Waals surface area (Å²) >= 11 is 6.57. The minimum Gasteiger partial charge on any atom is -0.497 e. The molecule has 1 aromatic carbocycles. The summed E-state index contributed by atoms with van der Waals surface area (Å²) < 4.78 is 12.8. The van der Waals surface area contributed by atoms with Gasteiger partial charge in [-0.05, 0) is 37.3 Å². The van der Waals surface area contributed by atoms with Crippen LogP contribution in [-0.4, -0.2) is 39.9 Å². The highest BCUT2D eigenvalue weighted by atomic mass is 32.1. The number of hydrogen-bond donors (Lipinski definition) is 2. The second-order valence-corrected chi connectivity index (χ2v) is 7.09. The van der Waals surface area contributed by atoms with Gasteiger partial charge in [0.15, 0.2) is 15.7 Å². The Hall–Kier alpha value is -2.98. The first kappa shape index (κ1) is 19.8. The fraction of sp³-hybridized carbons (Fsp3) is 0.222. The van der Waals surface area contributed by atoms with E-state index < -0.39 is 0 Å². The normalized spacial score (nSPS) is 10.5. The van der Waals surface area contributed by atoms with Gasteiger partial charge in [-0.2, -0.15) is 5.10 Å². The highest BCUT2D eigenvalue weighted by Gasteiger charge is 2.19. The number of aromatic amines is 1. The number of nitrogens with one attached hydrogen (secondary N) is 2. The first-order chi connectivity index (χ1) is 13.5. The molecule has 3 rings (SSSR count). The molecule has 0 saturated heterocycles. The summed E-state index contributed by atoms with van der Waals surface area (Å²) in [6.07, 6.45) is 1.74. The molecule has 2 N–H and O–H groups in total. The molecular formula is C18H19N5O3S2. The van der Waals surface area contributed by atoms with Gasteiger partial charge in [0, 0.05) is 6.54 Å². The summed E-state index contributed by atoms with van der Waals surface area (Å²) in [7, 11) is 3.04. The van der Waals surface area contributed by atoms with Crippen LogP contribution in [0.5, 0.6) is 11.5 Å². The zero-order valence-electron chi connectivity index (χ0n) is 15.6. The van der Waals surface area contributed by atoms with Crippen LogP contribution in [0.1, 0.15) is 16.1 Å². The minimum absolute atomic E-state index is 0.346. The second kappa shape index (κ2) is 8.36. The molecule has 0 radical (unpaired) electrons. The number of carbonyl (C=O) groups excluding carboxylic acids is 1. The number of amides is 1. The smallest absolute Gasteiger partial charge is 0.261 e. The van der Waals surface area contributed by atoms with Crippen LogP contribution in [-0.2, 0) is 6.54 Å². The number of rotatable bonds is 7. The summed E-state index contributed by atoms with van der Waals surface area (Å²) in [5, 5.41) is 10.3. The number of nitrogens with zero attached hydrogens (tertiary/aromatic N) is 3. The molecule has 2 aromatic heterocycles. The van der Waals surface area contributed by atoms with Gasteiger partial charge in [-0.15, -0.1) is 6.58 Å². The average Bonchev–Trinajstić information content (AvgIpc) is 3.23. The number of aryl methyl sites for hydroxylation is 1. The number of methoxy groups -OCH3 is 2. The average molecular weight is 418 g/mol. The van der Waals surface area contributed by atoms with Crippen LogP contribution < -0.4 is 14.8 Å². The lowest BCUT2D eigenvalue weighted by molar-refractivity contribution is 0.102. The number of carbonyl (C=O) groups is 1. The van der Waals surface area contributed by atoms with Crippen molar-refractivity contribution in [3.05, 3.63) is 46.9 Å². The molecule has 0 aliphatic rings. The Bertz CT molecular complexity index is 1080. The molecule has 1 amide bonds. The van der Waals surface area contributed by atoms with Gasteiger partial charge >= 0.3 is 0 Å². The molecule has 0 saturated carbocycles. The molecule has 0 aliphatic carbocycles. The van der Waals surface area contributed by atoms with Crippen LogP contribution in [0.15, 0.2) is 30.9 Å². The Labute approximate surface area is 170 Å². The molecule has 0 spiro atoms. The SMILES string of the molecule is C=CCn1c(-c2sc(NC(=O)c3cc(OC)ccc3OC)nc2C)n[nH]c1=S. The Balaban J connectivity index is 1.92. The van der Waals surface area contributed by atoms with Gasteiger partial charge < -0.3 is 9.47 Å². The fourth-order valence-corrected chi connectivity index (χ4v) is 3.77. The number of allylic oxidation sites excluding steroid dienone is 1. The predicted octanol–water partition coefficient (Wildman–Crippen LogP) is 3.83. The van der Waals surface area contributed by atoms with Crippen molar-refractivity contribution in [1.82, 2.24) is 19.7 Å². The Morgan fingerprint density at radius 1 is 1.43 bits per heavy atom. The maximum Gasteiger partial charge on any atom is 0.261 e. The van der Waals surface area contributed by atoms with E-state index in [1.165, 1.54) is 25.6 Å². The number of aromatic nitrogens is 4. The fourth-order valence-electron chi connectivity index (χ4n) is 2.60. The van der Waals surface area contributed by atoms with Gasteiger partial charge in [-0.1, -0.05) is 17.4 Å². The molecule has 3 aromatic rings. The van der Waals surface area contributed by atoms with Gasteiger partial charge in [0.1, 0.15) is 11.5 Å². The third-order valence-corrected chi connectivity index (χ3v) is 5.32. The van der Waals surface area contributed by atoms with Gasteiger partial charge in [-0.3, -0.25) is 19.8 Å². The number of thiazole rings is 1. The number of benzene rings is 1. The standard InChI is InChI=1S/C18H19N5O3S2/c1-5-8-23-15(21-22-18(23)27)14-10(2)19-17(28-14)20-16(24)12-9-11(25-3)6-7-13(12)26-4/h5-7,9H,1,8H2,2-4H3,(H,22,27)(H,19,20,24). The van der Waals surface area contributed by atoms with Gasteiger partial charge in [-0.25, -0.2) is 4.98 Å². The molecule has 0 fully saturated rings. The molecule has 8 nitrogen and oxygen atoms in total. The number of anilines is 1. The number of hydrogen-bond acceptors (Lipinski definition) is 7. The number of H-pyrrole nitrogens is 1. The molecule has 28 heavy (non-hydrogen) atoms. The Morgan fingerprint density at radius 3 is 2.89 bits per heavy atom. The Morgan fingerprint density at radius 2 is 2.21 bits per heavy atom. The lowest BCUT2D eigenvalue weighted by atomic mass is 10.2. The van der Waals surface area contributed by atoms with Crippen LogP contribution in [0.3, 0.4) is 0 Å². The highest BCUT2D eigenvalue weighted by Crippen LogP contribution is 2.32. The molecule has 0 atom stereocenters. The summed E-state index contributed by atoms with van der Waals surface area (Å²) in [6.45, 7) is 6.11. The summed E-state index contributed by atoms with van der Waals surface area (Å²) in [5.41, 5.74) is 1.09. The second-order valence-electron chi connectivity index (χ2n) is 5.71. The van der Waals surface area contributed by atoms with Crippen LogP contribution in [0.25, 0.3) is 10.7 Å². The van der Waals surface area contributed by atoms with E-state index in [1.807, 2.05) is 11.5 Å². The van der Waals surface area contributed by atoms with Crippen molar-refractivity contribution in [1.29, 1.82) is 0 Å². The van der Waals surface area contributed by atoms with Crippen LogP contribution in [0.2, 0.25) is 0 Å². The molecule has 0 unspecified atom stereocenters. The summed E-state index contributed by atoms with van der Waals surface area (Å²) in [5.74, 6) is 1.31. The van der Waals surface area contributed by atoms with Crippen molar-refractivity contribution in [2.24, 2.45) is 0 Å². The maximum absolute atomic E-state index is 12.8. The van der Waals surface area contributed by atoms with Gasteiger partial charge in [0.2, 0.25) is 0 Å². The van der Waals surface area contributed by atoms with Gasteiger partial charge in [0.05, 0.1) is 30.4 Å². The van der Waals surface area contributed by atoms with Crippen LogP contribution in [0, 0.1) is 11.7 Å². The molecular weight excluding hydrogens is 398 g/mol. The molecule has 10 heteroatoms. The van der Waals surface area contributed by atoms with E-state index in [9.17, 15) is 4.79 Å². The van der Waals surface area contributed by atoms with Crippen molar-refractivity contribution in [3.8, 4) is 22.2 Å². The van der Waals surface area contributed by atoms with Crippen molar-refractivity contribution in [2.75, 3.05) is 19.5 Å². The van der Waals surface area contributed by atoms with Gasteiger partial charge in [0.25, 0.3) is 5.91 Å². The summed E-state index contributed by atoms with van der Waals surface area (Å²) in [4.78, 5) is 18.0.